The molecule has 3 aromatic rings. The second-order valence-electron chi connectivity index (χ2n) is 6.76. The highest BCUT2D eigenvalue weighted by atomic mass is 32.1. The van der Waals surface area contributed by atoms with E-state index in [0.29, 0.717) is 12.0 Å². The Hall–Kier alpha value is -3.10. The summed E-state index contributed by atoms with van der Waals surface area (Å²) in [5.74, 6) is -1.52. The van der Waals surface area contributed by atoms with E-state index in [2.05, 4.69) is 15.4 Å². The average molecular weight is 429 g/mol. The Morgan fingerprint density at radius 1 is 1.23 bits per heavy atom. The number of halogens is 1. The zero-order valence-corrected chi connectivity index (χ0v) is 17.4. The largest absolute Gasteiger partial charge is 0.456 e. The zero-order chi connectivity index (χ0) is 21.5. The summed E-state index contributed by atoms with van der Waals surface area (Å²) in [6.45, 7) is 2.09. The molecule has 8 heteroatoms. The molecule has 0 bridgehead atoms. The molecule has 0 spiro atoms. The highest BCUT2D eigenvalue weighted by Crippen LogP contribution is 2.27. The van der Waals surface area contributed by atoms with Gasteiger partial charge in [0.1, 0.15) is 12.4 Å². The Morgan fingerprint density at radius 2 is 2.00 bits per heavy atom. The van der Waals surface area contributed by atoms with Crippen molar-refractivity contribution < 1.29 is 24.5 Å². The van der Waals surface area contributed by atoms with Crippen LogP contribution in [0.3, 0.4) is 0 Å². The van der Waals surface area contributed by atoms with Crippen molar-refractivity contribution in [3.05, 3.63) is 76.5 Å². The van der Waals surface area contributed by atoms with Gasteiger partial charge in [0.05, 0.1) is 12.2 Å². The zero-order valence-electron chi connectivity index (χ0n) is 16.6. The van der Waals surface area contributed by atoms with Crippen LogP contribution in [-0.2, 0) is 22.6 Å². The minimum Gasteiger partial charge on any atom is -0.456 e. The van der Waals surface area contributed by atoms with Crippen LogP contribution in [0.25, 0.3) is 11.1 Å². The van der Waals surface area contributed by atoms with Crippen molar-refractivity contribution >= 4 is 23.4 Å². The normalized spacial score (nSPS) is 11.7. The van der Waals surface area contributed by atoms with Crippen molar-refractivity contribution in [2.45, 2.75) is 26.0 Å². The van der Waals surface area contributed by atoms with E-state index in [1.807, 2.05) is 42.6 Å². The van der Waals surface area contributed by atoms with Crippen molar-refractivity contribution in [3.63, 3.8) is 0 Å². The van der Waals surface area contributed by atoms with Crippen molar-refractivity contribution in [3.8, 4) is 11.1 Å². The minimum atomic E-state index is -0.779. The lowest BCUT2D eigenvalue weighted by atomic mass is 10.0. The smallest absolute Gasteiger partial charge is 0.366 e. The van der Waals surface area contributed by atoms with Crippen LogP contribution < -0.4 is 11.1 Å². The topological polar surface area (TPSA) is 95.9 Å². The predicted molar refractivity (Wildman–Crippen MR) is 112 cm³/mol. The average Bonchev–Trinajstić information content (AvgIpc) is 3.24. The molecule has 0 fully saturated rings. The first-order valence-corrected chi connectivity index (χ1v) is 10.4. The molecule has 2 aromatic carbocycles. The first-order chi connectivity index (χ1) is 14.5. The van der Waals surface area contributed by atoms with Crippen molar-refractivity contribution in [2.24, 2.45) is 0 Å². The van der Waals surface area contributed by atoms with Gasteiger partial charge in [0.25, 0.3) is 5.91 Å². The summed E-state index contributed by atoms with van der Waals surface area (Å²) in [4.78, 5) is 24.6. The van der Waals surface area contributed by atoms with Gasteiger partial charge in [-0.05, 0) is 47.3 Å². The van der Waals surface area contributed by atoms with Gasteiger partial charge in [-0.2, -0.15) is 4.37 Å². The second kappa shape index (κ2) is 10.1. The molecular formula is C22H23FN3O3S+. The van der Waals surface area contributed by atoms with Gasteiger partial charge in [-0.15, -0.1) is 0 Å². The number of nitrogens with zero attached hydrogens (tertiary/aromatic N) is 1. The van der Waals surface area contributed by atoms with E-state index in [1.165, 1.54) is 17.6 Å². The van der Waals surface area contributed by atoms with Crippen LogP contribution in [0.4, 0.5) is 4.39 Å². The quantitative estimate of drug-likeness (QED) is 0.539. The van der Waals surface area contributed by atoms with Crippen LogP contribution in [0, 0.1) is 5.82 Å². The number of amides is 1. The highest BCUT2D eigenvalue weighted by molar-refractivity contribution is 7.04. The molecule has 0 radical (unpaired) electrons. The molecule has 1 aromatic heterocycles. The molecule has 0 saturated heterocycles. The second-order valence-corrected chi connectivity index (χ2v) is 7.39. The highest BCUT2D eigenvalue weighted by Gasteiger charge is 2.21. The van der Waals surface area contributed by atoms with Gasteiger partial charge in [0.15, 0.2) is 6.04 Å². The van der Waals surface area contributed by atoms with Gasteiger partial charge < -0.3 is 15.8 Å². The fourth-order valence-corrected chi connectivity index (χ4v) is 3.66. The fraction of sp³-hybridized carbons (Fsp3) is 0.227. The summed E-state index contributed by atoms with van der Waals surface area (Å²) in [7, 11) is 0. The number of carbonyl (C=O) groups is 2. The molecule has 3 rings (SSSR count). The number of ether oxygens (including phenoxy) is 1. The van der Waals surface area contributed by atoms with Crippen LogP contribution in [0.5, 0.6) is 0 Å². The van der Waals surface area contributed by atoms with Gasteiger partial charge in [-0.25, -0.2) is 9.18 Å². The Labute approximate surface area is 178 Å². The van der Waals surface area contributed by atoms with Gasteiger partial charge in [-0.1, -0.05) is 37.3 Å². The lowest BCUT2D eigenvalue weighted by Crippen LogP contribution is -2.69. The lowest BCUT2D eigenvalue weighted by molar-refractivity contribution is -0.405. The van der Waals surface area contributed by atoms with E-state index in [9.17, 15) is 14.0 Å². The van der Waals surface area contributed by atoms with Crippen LogP contribution in [0.15, 0.2) is 53.9 Å². The third kappa shape index (κ3) is 5.49. The summed E-state index contributed by atoms with van der Waals surface area (Å²) in [6.07, 6.45) is 0.713. The Kier molecular flexibility index (Phi) is 7.26. The third-order valence-corrected chi connectivity index (χ3v) is 5.18. The summed E-state index contributed by atoms with van der Waals surface area (Å²) in [5.41, 5.74) is 7.05. The van der Waals surface area contributed by atoms with Gasteiger partial charge >= 0.3 is 5.97 Å². The Bertz CT molecular complexity index is 1020. The van der Waals surface area contributed by atoms with Crippen LogP contribution >= 0.6 is 11.5 Å². The number of esters is 1. The first-order valence-electron chi connectivity index (χ1n) is 9.54. The number of hydrogen-bond donors (Lipinski definition) is 2. The van der Waals surface area contributed by atoms with E-state index < -0.39 is 23.7 Å². The Balaban J connectivity index is 1.59. The summed E-state index contributed by atoms with van der Waals surface area (Å²) < 4.78 is 23.6. The van der Waals surface area contributed by atoms with E-state index in [-0.39, 0.29) is 18.7 Å². The number of quaternary nitrogens is 1. The number of hydrogen-bond acceptors (Lipinski definition) is 5. The number of carbonyl (C=O) groups excluding carboxylic acids is 2. The standard InChI is InChI=1S/C22H22FN3O3S/c1-2-20-18(13-30-26-20)15-8-16(10-17(23)9-15)21(27)25-11-19(24)22(28)29-12-14-6-4-3-5-7-14/h3-10,13,19H,2,11-12,24H2,1H3,(H,25,27)/p+1/t19-/m1/s1. The molecule has 1 heterocycles. The van der Waals surface area contributed by atoms with Gasteiger partial charge in [0.2, 0.25) is 0 Å². The minimum absolute atomic E-state index is 0.0154. The van der Waals surface area contributed by atoms with Crippen LogP contribution in [-0.4, -0.2) is 28.8 Å². The monoisotopic (exact) mass is 428 g/mol. The summed E-state index contributed by atoms with van der Waals surface area (Å²) in [5, 5.41) is 4.46. The summed E-state index contributed by atoms with van der Waals surface area (Å²) in [6, 6.07) is 12.7. The molecule has 0 unspecified atom stereocenters. The molecular weight excluding hydrogens is 405 g/mol. The number of aryl methyl sites for hydroxylation is 1. The van der Waals surface area contributed by atoms with E-state index >= 15 is 0 Å². The number of rotatable bonds is 8. The fourth-order valence-electron chi connectivity index (χ4n) is 2.87. The van der Waals surface area contributed by atoms with Gasteiger partial charge in [-0.3, -0.25) is 4.79 Å². The first kappa shape index (κ1) is 21.6. The third-order valence-electron chi connectivity index (χ3n) is 4.52. The van der Waals surface area contributed by atoms with Gasteiger partial charge in [0, 0.05) is 16.5 Å². The van der Waals surface area contributed by atoms with E-state index in [1.54, 1.807) is 6.07 Å². The molecule has 1 atom stereocenters. The molecule has 0 aliphatic heterocycles. The maximum absolute atomic E-state index is 14.1. The molecule has 0 aliphatic carbocycles. The lowest BCUT2D eigenvalue weighted by Gasteiger charge is -2.11. The SMILES string of the molecule is CCc1nscc1-c1cc(F)cc(C(=O)NC[C@@H]([NH3+])C(=O)OCc2ccccc2)c1. The molecule has 156 valence electrons. The molecule has 4 N–H and O–H groups in total. The predicted octanol–water partition coefficient (Wildman–Crippen LogP) is 2.60. The van der Waals surface area contributed by atoms with E-state index in [4.69, 9.17) is 4.74 Å². The maximum atomic E-state index is 14.1. The molecule has 0 aliphatic rings. The molecule has 0 saturated carbocycles. The molecule has 6 nitrogen and oxygen atoms in total. The number of aromatic nitrogens is 1. The Morgan fingerprint density at radius 3 is 2.73 bits per heavy atom. The molecule has 30 heavy (non-hydrogen) atoms. The van der Waals surface area contributed by atoms with Crippen molar-refractivity contribution in [1.29, 1.82) is 0 Å². The van der Waals surface area contributed by atoms with Crippen molar-refractivity contribution in [1.82, 2.24) is 9.69 Å². The maximum Gasteiger partial charge on any atom is 0.366 e. The molecule has 1 amide bonds. The summed E-state index contributed by atoms with van der Waals surface area (Å²) >= 11 is 1.29. The van der Waals surface area contributed by atoms with Crippen LogP contribution in [0.2, 0.25) is 0 Å². The van der Waals surface area contributed by atoms with Crippen molar-refractivity contribution in [2.75, 3.05) is 6.54 Å². The number of benzene rings is 2. The van der Waals surface area contributed by atoms with Crippen LogP contribution in [0.1, 0.15) is 28.5 Å². The number of nitrogens with one attached hydrogen (secondary N) is 1. The van der Waals surface area contributed by atoms with E-state index in [0.717, 1.165) is 22.9 Å².